The van der Waals surface area contributed by atoms with Gasteiger partial charge in [-0.25, -0.2) is 15.0 Å². The van der Waals surface area contributed by atoms with E-state index < -0.39 is 0 Å². The number of aliphatic imine (C=N–C) groups is 1. The van der Waals surface area contributed by atoms with E-state index in [-0.39, 0.29) is 15.5 Å². The van der Waals surface area contributed by atoms with Gasteiger partial charge in [-0.1, -0.05) is 194 Å². The van der Waals surface area contributed by atoms with Crippen LogP contribution in [-0.2, 0) is 0 Å². The minimum atomic E-state index is -0.338. The molecule has 1 aliphatic heterocycles. The van der Waals surface area contributed by atoms with Crippen molar-refractivity contribution in [3.05, 3.63) is 277 Å². The van der Waals surface area contributed by atoms with Crippen LogP contribution in [0.1, 0.15) is 39.1 Å². The minimum Gasteiger partial charge on any atom is -0.293 e. The predicted molar refractivity (Wildman–Crippen MR) is 351 cm³/mol. The molecule has 0 saturated heterocycles. The van der Waals surface area contributed by atoms with Crippen molar-refractivity contribution in [3.8, 4) is 33.8 Å². The molecular formula is C71H48N8S3. The van der Waals surface area contributed by atoms with E-state index in [1.165, 1.54) is 38.7 Å². The second-order valence-corrected chi connectivity index (χ2v) is 23.2. The molecule has 1 atom stereocenters. The summed E-state index contributed by atoms with van der Waals surface area (Å²) in [4.78, 5) is 21.2. The van der Waals surface area contributed by atoms with Crippen molar-refractivity contribution in [1.29, 1.82) is 10.8 Å². The lowest BCUT2D eigenvalue weighted by atomic mass is 9.95. The van der Waals surface area contributed by atoms with E-state index in [1.807, 2.05) is 60.7 Å². The Morgan fingerprint density at radius 2 is 0.866 bits per heavy atom. The van der Waals surface area contributed by atoms with Gasteiger partial charge in [-0.05, 0) is 155 Å². The number of hydrogen-bond donors (Lipinski definition) is 3. The van der Waals surface area contributed by atoms with Crippen LogP contribution in [0.4, 0.5) is 0 Å². The van der Waals surface area contributed by atoms with Gasteiger partial charge in [0.25, 0.3) is 0 Å². The molecule has 8 nitrogen and oxygen atoms in total. The van der Waals surface area contributed by atoms with E-state index in [0.29, 0.717) is 16.3 Å². The highest BCUT2D eigenvalue weighted by molar-refractivity contribution is 8.27. The van der Waals surface area contributed by atoms with Crippen molar-refractivity contribution in [3.63, 3.8) is 0 Å². The van der Waals surface area contributed by atoms with Crippen LogP contribution in [-0.4, -0.2) is 42.2 Å². The standard InChI is InChI=1S/C71H48N8S3/c1-42(61-30-15-31-62(75-61)58-39-43-18-3-6-21-49(43)52-24-9-12-27-55(52)58)80-69(74-2)47-36-46(67(72)81-68(73)65-34-16-32-63(76-65)59-40-44-19-4-7-22-50(44)53-25-10-13-28-56(53)59)37-48(38-47)70-78-79-71(82-70)66-35-17-33-64(77-66)60-41-45-20-5-8-23-51(45)54-26-11-14-29-57(54)60/h3-41,70,72-73,78H,1H2,2H3. The number of nitrogens with zero attached hydrogens (tertiary/aromatic N) is 5. The molecule has 1 aliphatic rings. The molecule has 0 amide bonds. The topological polar surface area (TPSA) is 123 Å². The second-order valence-electron chi connectivity index (χ2n) is 20.0. The molecule has 13 aromatic rings. The van der Waals surface area contributed by atoms with Crippen LogP contribution in [0.3, 0.4) is 0 Å². The van der Waals surface area contributed by atoms with Crippen LogP contribution in [0.2, 0.25) is 0 Å². The van der Waals surface area contributed by atoms with E-state index in [9.17, 15) is 10.8 Å². The first-order valence-corrected chi connectivity index (χ1v) is 29.3. The largest absolute Gasteiger partial charge is 0.293 e. The van der Waals surface area contributed by atoms with Gasteiger partial charge in [-0.3, -0.25) is 21.2 Å². The van der Waals surface area contributed by atoms with Crippen molar-refractivity contribution in [2.24, 2.45) is 10.1 Å². The maximum Gasteiger partial charge on any atom is 0.144 e. The normalized spacial score (nSPS) is 13.5. The van der Waals surface area contributed by atoms with Gasteiger partial charge in [0.1, 0.15) is 25.5 Å². The third-order valence-electron chi connectivity index (χ3n) is 15.0. The zero-order valence-corrected chi connectivity index (χ0v) is 46.7. The third kappa shape index (κ3) is 9.48. The molecule has 82 heavy (non-hydrogen) atoms. The molecule has 3 N–H and O–H groups in total. The third-order valence-corrected chi connectivity index (χ3v) is 18.1. The number of thioether (sulfide) groups is 3. The first-order chi connectivity index (χ1) is 40.3. The van der Waals surface area contributed by atoms with Crippen LogP contribution in [0.5, 0.6) is 0 Å². The second kappa shape index (κ2) is 21.5. The Balaban J connectivity index is 0.785. The smallest absolute Gasteiger partial charge is 0.144 e. The minimum absolute atomic E-state index is 0.158. The number of rotatable bonds is 10. The number of hydrazone groups is 1. The number of aromatic nitrogens is 3. The SMILES string of the molecule is C=C(SC(=NC)c1cc(C(=N)SC(=N)c2cccc(-c3cc4ccccc4c4ccccc34)n2)cc(C2NN=C(c3cccc(-c4cc5ccccc5c5ccccc45)n3)S2)c1)c1cccc(-c2cc3ccccc3c3ccccc23)n1. The van der Waals surface area contributed by atoms with Gasteiger partial charge >= 0.3 is 0 Å². The summed E-state index contributed by atoms with van der Waals surface area (Å²) in [5, 5.41) is 39.4. The van der Waals surface area contributed by atoms with E-state index >= 15 is 0 Å². The zero-order chi connectivity index (χ0) is 55.3. The van der Waals surface area contributed by atoms with E-state index in [4.69, 9.17) is 25.0 Å². The van der Waals surface area contributed by atoms with Gasteiger partial charge in [0.2, 0.25) is 0 Å². The molecule has 3 aromatic heterocycles. The Morgan fingerprint density at radius 1 is 0.439 bits per heavy atom. The van der Waals surface area contributed by atoms with Crippen molar-refractivity contribution >= 4 is 125 Å². The number of fused-ring (bicyclic) bond motifs is 9. The summed E-state index contributed by atoms with van der Waals surface area (Å²) in [6.07, 6.45) is 0. The summed E-state index contributed by atoms with van der Waals surface area (Å²) in [6.45, 7) is 4.58. The van der Waals surface area contributed by atoms with Gasteiger partial charge in [0.05, 0.1) is 34.2 Å². The molecule has 10 aromatic carbocycles. The molecule has 0 radical (unpaired) electrons. The molecule has 0 saturated carbocycles. The van der Waals surface area contributed by atoms with Crippen LogP contribution < -0.4 is 5.43 Å². The van der Waals surface area contributed by atoms with Crippen LogP contribution in [0.15, 0.2) is 253 Å². The molecule has 14 rings (SSSR count). The summed E-state index contributed by atoms with van der Waals surface area (Å²) in [7, 11) is 1.78. The Bertz CT molecular complexity index is 4880. The highest BCUT2D eigenvalue weighted by Gasteiger charge is 2.27. The zero-order valence-electron chi connectivity index (χ0n) is 44.3. The summed E-state index contributed by atoms with van der Waals surface area (Å²) in [6, 6.07) is 81.4. The Hall–Kier alpha value is -9.52. The summed E-state index contributed by atoms with van der Waals surface area (Å²) < 4.78 is 0. The van der Waals surface area contributed by atoms with E-state index in [0.717, 1.165) is 116 Å². The Morgan fingerprint density at radius 3 is 1.39 bits per heavy atom. The van der Waals surface area contributed by atoms with Gasteiger partial charge in [-0.15, -0.1) is 0 Å². The number of nitrogens with one attached hydrogen (secondary N) is 3. The lowest BCUT2D eigenvalue weighted by Gasteiger charge is -2.16. The maximum absolute atomic E-state index is 9.72. The summed E-state index contributed by atoms with van der Waals surface area (Å²) in [5.41, 5.74) is 13.2. The monoisotopic (exact) mass is 1110 g/mol. The molecule has 11 heteroatoms. The highest BCUT2D eigenvalue weighted by Crippen LogP contribution is 2.41. The molecular weight excluding hydrogens is 1060 g/mol. The quantitative estimate of drug-likeness (QED) is 0.0708. The molecule has 4 heterocycles. The first-order valence-electron chi connectivity index (χ1n) is 26.8. The van der Waals surface area contributed by atoms with Crippen LogP contribution in [0, 0.1) is 10.8 Å². The fourth-order valence-electron chi connectivity index (χ4n) is 11.2. The molecule has 0 aliphatic carbocycles. The molecule has 1 unspecified atom stereocenters. The summed E-state index contributed by atoms with van der Waals surface area (Å²) >= 11 is 4.08. The molecule has 0 spiro atoms. The maximum atomic E-state index is 9.72. The molecule has 0 bridgehead atoms. The lowest BCUT2D eigenvalue weighted by Crippen LogP contribution is -2.11. The number of pyridine rings is 3. The van der Waals surface area contributed by atoms with Gasteiger partial charge in [0, 0.05) is 39.8 Å². The summed E-state index contributed by atoms with van der Waals surface area (Å²) in [5.74, 6) is 0. The Kier molecular flexibility index (Phi) is 13.3. The first kappa shape index (κ1) is 50.7. The lowest BCUT2D eigenvalue weighted by molar-refractivity contribution is 0.743. The van der Waals surface area contributed by atoms with Crippen molar-refractivity contribution in [2.45, 2.75) is 5.37 Å². The number of hydrogen-bond acceptors (Lipinski definition) is 11. The average molecular weight is 1110 g/mol. The van der Waals surface area contributed by atoms with Gasteiger partial charge in [0.15, 0.2) is 0 Å². The van der Waals surface area contributed by atoms with E-state index in [1.54, 1.807) is 18.8 Å². The fraction of sp³-hybridized carbons (Fsp3) is 0.0282. The van der Waals surface area contributed by atoms with Crippen molar-refractivity contribution in [2.75, 3.05) is 7.05 Å². The fourth-order valence-corrected chi connectivity index (χ4v) is 13.5. The van der Waals surface area contributed by atoms with Crippen molar-refractivity contribution < 1.29 is 0 Å². The van der Waals surface area contributed by atoms with Crippen LogP contribution >= 0.6 is 35.3 Å². The van der Waals surface area contributed by atoms with Gasteiger partial charge in [-0.2, -0.15) is 5.10 Å². The average Bonchev–Trinajstić information content (AvgIpc) is 4.19. The number of benzene rings is 10. The molecule has 390 valence electrons. The van der Waals surface area contributed by atoms with Crippen molar-refractivity contribution in [1.82, 2.24) is 20.4 Å². The Labute approximate surface area is 486 Å². The van der Waals surface area contributed by atoms with E-state index in [2.05, 4.69) is 188 Å². The predicted octanol–water partition coefficient (Wildman–Crippen LogP) is 18.4. The molecule has 0 fully saturated rings. The van der Waals surface area contributed by atoms with Gasteiger partial charge < -0.3 is 0 Å². The van der Waals surface area contributed by atoms with Crippen LogP contribution in [0.25, 0.3) is 103 Å². The highest BCUT2D eigenvalue weighted by atomic mass is 32.2.